The van der Waals surface area contributed by atoms with Gasteiger partial charge in [0.05, 0.1) is 6.04 Å². The quantitative estimate of drug-likeness (QED) is 0.909. The smallest absolute Gasteiger partial charge is 0.253 e. The van der Waals surface area contributed by atoms with Crippen molar-refractivity contribution in [1.29, 1.82) is 0 Å². The van der Waals surface area contributed by atoms with Gasteiger partial charge in [0.2, 0.25) is 5.91 Å². The van der Waals surface area contributed by atoms with Gasteiger partial charge in [-0.25, -0.2) is 0 Å². The van der Waals surface area contributed by atoms with Crippen LogP contribution in [0, 0.1) is 0 Å². The largest absolute Gasteiger partial charge is 0.350 e. The van der Waals surface area contributed by atoms with Crippen LogP contribution in [-0.2, 0) is 4.79 Å². The first-order chi connectivity index (χ1) is 11.2. The van der Waals surface area contributed by atoms with Gasteiger partial charge in [-0.1, -0.05) is 17.7 Å². The maximum Gasteiger partial charge on any atom is 0.253 e. The van der Waals surface area contributed by atoms with Crippen LogP contribution >= 0.6 is 11.6 Å². The van der Waals surface area contributed by atoms with E-state index >= 15 is 0 Å². The number of nitrogens with one attached hydrogen (secondary N) is 1. The van der Waals surface area contributed by atoms with Crippen LogP contribution in [0.25, 0.3) is 0 Å². The van der Waals surface area contributed by atoms with Crippen molar-refractivity contribution in [3.63, 3.8) is 0 Å². The molecule has 1 saturated heterocycles. The molecule has 0 saturated carbocycles. The van der Waals surface area contributed by atoms with E-state index in [1.165, 1.54) is 0 Å². The normalized spacial score (nSPS) is 17.5. The predicted molar refractivity (Wildman–Crippen MR) is 96.3 cm³/mol. The third-order valence-corrected chi connectivity index (χ3v) is 4.33. The molecule has 2 rings (SSSR count). The molecule has 0 aliphatic carbocycles. The highest BCUT2D eigenvalue weighted by Crippen LogP contribution is 2.15. The van der Waals surface area contributed by atoms with Gasteiger partial charge in [0.1, 0.15) is 0 Å². The zero-order chi connectivity index (χ0) is 17.9. The van der Waals surface area contributed by atoms with Crippen LogP contribution in [0.2, 0.25) is 5.02 Å². The molecule has 24 heavy (non-hydrogen) atoms. The summed E-state index contributed by atoms with van der Waals surface area (Å²) in [5.41, 5.74) is 0.366. The lowest BCUT2D eigenvalue weighted by Gasteiger charge is -2.38. The van der Waals surface area contributed by atoms with Crippen LogP contribution in [0.4, 0.5) is 0 Å². The second kappa shape index (κ2) is 7.53. The maximum absolute atomic E-state index is 12.5. The van der Waals surface area contributed by atoms with E-state index in [1.807, 2.05) is 32.6 Å². The van der Waals surface area contributed by atoms with E-state index in [0.717, 1.165) is 0 Å². The molecule has 132 valence electrons. The van der Waals surface area contributed by atoms with Crippen LogP contribution in [0.15, 0.2) is 24.3 Å². The molecule has 1 aromatic carbocycles. The highest BCUT2D eigenvalue weighted by molar-refractivity contribution is 6.30. The van der Waals surface area contributed by atoms with E-state index < -0.39 is 0 Å². The first kappa shape index (κ1) is 18.7. The fourth-order valence-electron chi connectivity index (χ4n) is 2.76. The fourth-order valence-corrected chi connectivity index (χ4v) is 2.95. The summed E-state index contributed by atoms with van der Waals surface area (Å²) in [5.74, 6) is 0.0149. The van der Waals surface area contributed by atoms with Gasteiger partial charge in [-0.2, -0.15) is 0 Å². The molecule has 1 fully saturated rings. The number of hydrogen-bond donors (Lipinski definition) is 1. The minimum Gasteiger partial charge on any atom is -0.350 e. The Morgan fingerprint density at radius 2 is 1.79 bits per heavy atom. The van der Waals surface area contributed by atoms with E-state index in [2.05, 4.69) is 10.2 Å². The molecule has 5 nitrogen and oxygen atoms in total. The second-order valence-corrected chi connectivity index (χ2v) is 7.69. The zero-order valence-electron chi connectivity index (χ0n) is 14.8. The summed E-state index contributed by atoms with van der Waals surface area (Å²) in [5, 5.41) is 3.57. The van der Waals surface area contributed by atoms with Crippen molar-refractivity contribution >= 4 is 23.4 Å². The molecule has 0 radical (unpaired) electrons. The maximum atomic E-state index is 12.5. The van der Waals surface area contributed by atoms with Crippen molar-refractivity contribution < 1.29 is 9.59 Å². The lowest BCUT2D eigenvalue weighted by atomic mass is 10.1. The number of hydrogen-bond acceptors (Lipinski definition) is 3. The first-order valence-electron chi connectivity index (χ1n) is 8.28. The molecule has 0 bridgehead atoms. The van der Waals surface area contributed by atoms with Gasteiger partial charge >= 0.3 is 0 Å². The van der Waals surface area contributed by atoms with Crippen molar-refractivity contribution in [3.8, 4) is 0 Å². The van der Waals surface area contributed by atoms with Crippen LogP contribution in [0.5, 0.6) is 0 Å². The molecule has 1 unspecified atom stereocenters. The van der Waals surface area contributed by atoms with Gasteiger partial charge in [-0.05, 0) is 45.9 Å². The highest BCUT2D eigenvalue weighted by atomic mass is 35.5. The fraction of sp³-hybridized carbons (Fsp3) is 0.556. The summed E-state index contributed by atoms with van der Waals surface area (Å²) in [7, 11) is 0. The molecule has 1 aromatic rings. The summed E-state index contributed by atoms with van der Waals surface area (Å²) in [6, 6.07) is 6.80. The monoisotopic (exact) mass is 351 g/mol. The Balaban J connectivity index is 1.91. The van der Waals surface area contributed by atoms with Gasteiger partial charge in [0.25, 0.3) is 5.91 Å². The standard InChI is InChI=1S/C18H26ClN3O2/c1-13(16(23)20-18(2,3)4)21-8-10-22(11-9-21)17(24)14-6-5-7-15(19)12-14/h5-7,12-13H,8-11H2,1-4H3,(H,20,23). The van der Waals surface area contributed by atoms with Gasteiger partial charge in [-0.15, -0.1) is 0 Å². The van der Waals surface area contributed by atoms with Crippen molar-refractivity contribution in [2.75, 3.05) is 26.2 Å². The van der Waals surface area contributed by atoms with E-state index in [1.54, 1.807) is 24.3 Å². The number of amides is 2. The Kier molecular flexibility index (Phi) is 5.88. The minimum absolute atomic E-state index is 0.0102. The van der Waals surface area contributed by atoms with Crippen molar-refractivity contribution in [3.05, 3.63) is 34.9 Å². The molecule has 1 aliphatic heterocycles. The van der Waals surface area contributed by atoms with Crippen molar-refractivity contribution in [1.82, 2.24) is 15.1 Å². The molecule has 2 amide bonds. The lowest BCUT2D eigenvalue weighted by Crippen LogP contribution is -2.56. The Morgan fingerprint density at radius 3 is 2.33 bits per heavy atom. The van der Waals surface area contributed by atoms with E-state index in [4.69, 9.17) is 11.6 Å². The number of rotatable bonds is 3. The summed E-state index contributed by atoms with van der Waals surface area (Å²) in [4.78, 5) is 28.7. The molecule has 6 heteroatoms. The van der Waals surface area contributed by atoms with Crippen molar-refractivity contribution in [2.24, 2.45) is 0 Å². The molecule has 0 spiro atoms. The summed E-state index contributed by atoms with van der Waals surface area (Å²) < 4.78 is 0. The number of carbonyl (C=O) groups excluding carboxylic acids is 2. The van der Waals surface area contributed by atoms with E-state index in [9.17, 15) is 9.59 Å². The molecule has 1 N–H and O–H groups in total. The Bertz CT molecular complexity index is 605. The van der Waals surface area contributed by atoms with E-state index in [0.29, 0.717) is 36.8 Å². The van der Waals surface area contributed by atoms with Gasteiger partial charge in [0.15, 0.2) is 0 Å². The molecule has 1 heterocycles. The molecule has 1 aliphatic rings. The van der Waals surface area contributed by atoms with Gasteiger partial charge in [0, 0.05) is 42.3 Å². The molecule has 0 aromatic heterocycles. The molecule has 1 atom stereocenters. The van der Waals surface area contributed by atoms with E-state index in [-0.39, 0.29) is 23.4 Å². The average Bonchev–Trinajstić information content (AvgIpc) is 2.52. The number of piperazine rings is 1. The Morgan fingerprint density at radius 1 is 1.17 bits per heavy atom. The number of halogens is 1. The van der Waals surface area contributed by atoms with Crippen LogP contribution in [-0.4, -0.2) is 59.4 Å². The van der Waals surface area contributed by atoms with Gasteiger partial charge < -0.3 is 10.2 Å². The predicted octanol–water partition coefficient (Wildman–Crippen LogP) is 2.40. The number of nitrogens with zero attached hydrogens (tertiary/aromatic N) is 2. The third-order valence-electron chi connectivity index (χ3n) is 4.10. The summed E-state index contributed by atoms with van der Waals surface area (Å²) in [6.07, 6.45) is 0. The highest BCUT2D eigenvalue weighted by Gasteiger charge is 2.29. The number of carbonyl (C=O) groups is 2. The third kappa shape index (κ3) is 4.95. The second-order valence-electron chi connectivity index (χ2n) is 7.25. The SMILES string of the molecule is CC(C(=O)NC(C)(C)C)N1CCN(C(=O)c2cccc(Cl)c2)CC1. The Labute approximate surface area is 149 Å². The first-order valence-corrected chi connectivity index (χ1v) is 8.66. The van der Waals surface area contributed by atoms with Crippen LogP contribution in [0.1, 0.15) is 38.1 Å². The minimum atomic E-state index is -0.240. The van der Waals surface area contributed by atoms with Crippen LogP contribution < -0.4 is 5.32 Å². The average molecular weight is 352 g/mol. The zero-order valence-corrected chi connectivity index (χ0v) is 15.6. The lowest BCUT2D eigenvalue weighted by molar-refractivity contribution is -0.127. The van der Waals surface area contributed by atoms with Crippen LogP contribution in [0.3, 0.4) is 0 Å². The summed E-state index contributed by atoms with van der Waals surface area (Å²) in [6.45, 7) is 10.4. The summed E-state index contributed by atoms with van der Waals surface area (Å²) >= 11 is 5.96. The van der Waals surface area contributed by atoms with Crippen molar-refractivity contribution in [2.45, 2.75) is 39.3 Å². The number of benzene rings is 1. The Hall–Kier alpha value is -1.59. The molecular formula is C18H26ClN3O2. The molecular weight excluding hydrogens is 326 g/mol. The van der Waals surface area contributed by atoms with Gasteiger partial charge in [-0.3, -0.25) is 14.5 Å². The topological polar surface area (TPSA) is 52.7 Å².